The lowest BCUT2D eigenvalue weighted by Gasteiger charge is -2.42. The highest BCUT2D eigenvalue weighted by molar-refractivity contribution is 6.04. The first-order chi connectivity index (χ1) is 17.0. The lowest BCUT2D eigenvalue weighted by Crippen LogP contribution is -2.47. The summed E-state index contributed by atoms with van der Waals surface area (Å²) in [7, 11) is 0. The van der Waals surface area contributed by atoms with Crippen LogP contribution in [0.3, 0.4) is 0 Å². The van der Waals surface area contributed by atoms with Gasteiger partial charge < -0.3 is 15.0 Å². The molecule has 2 heterocycles. The number of rotatable bonds is 6. The number of benzene rings is 2. The van der Waals surface area contributed by atoms with Crippen molar-refractivity contribution in [2.45, 2.75) is 32.2 Å². The van der Waals surface area contributed by atoms with Crippen LogP contribution in [0.4, 0.5) is 23.2 Å². The number of hydrogen-bond acceptors (Lipinski definition) is 4. The van der Waals surface area contributed by atoms with Gasteiger partial charge in [-0.3, -0.25) is 14.6 Å². The number of pyridine rings is 1. The second kappa shape index (κ2) is 9.96. The Bertz CT molecular complexity index is 1260. The molecule has 1 N–H and O–H groups in total. The van der Waals surface area contributed by atoms with Crippen LogP contribution in [0.2, 0.25) is 0 Å². The van der Waals surface area contributed by atoms with Gasteiger partial charge in [-0.15, -0.1) is 13.2 Å². The van der Waals surface area contributed by atoms with E-state index in [1.807, 2.05) is 13.8 Å². The fourth-order valence-electron chi connectivity index (χ4n) is 4.44. The quantitative estimate of drug-likeness (QED) is 0.440. The predicted molar refractivity (Wildman–Crippen MR) is 124 cm³/mol. The van der Waals surface area contributed by atoms with Gasteiger partial charge in [-0.1, -0.05) is 38.1 Å². The van der Waals surface area contributed by atoms with E-state index < -0.39 is 35.8 Å². The number of ether oxygens (including phenoxy) is 1. The van der Waals surface area contributed by atoms with E-state index in [0.29, 0.717) is 29.3 Å². The van der Waals surface area contributed by atoms with E-state index >= 15 is 0 Å². The highest BCUT2D eigenvalue weighted by Crippen LogP contribution is 2.43. The first kappa shape index (κ1) is 25.2. The van der Waals surface area contributed by atoms with Crippen LogP contribution in [0, 0.1) is 11.7 Å². The van der Waals surface area contributed by atoms with Crippen molar-refractivity contribution in [1.29, 1.82) is 0 Å². The molecular formula is C26H23F4N3O3. The molecule has 3 aromatic rings. The maximum Gasteiger partial charge on any atom is 0.573 e. The SMILES string of the molecule is CC(C)CN1C(=O)c2ccccc2C(C(=O)Nc2cc(F)cc(OC(F)(F)F)c2)C1c1cccnc1. The fourth-order valence-corrected chi connectivity index (χ4v) is 4.44. The molecular weight excluding hydrogens is 478 g/mol. The molecule has 1 aliphatic rings. The minimum absolute atomic E-state index is 0.0763. The topological polar surface area (TPSA) is 71.5 Å². The number of alkyl halides is 3. The Balaban J connectivity index is 1.79. The number of fused-ring (bicyclic) bond motifs is 1. The van der Waals surface area contributed by atoms with Gasteiger partial charge in [0.25, 0.3) is 5.91 Å². The lowest BCUT2D eigenvalue weighted by atomic mass is 9.79. The summed E-state index contributed by atoms with van der Waals surface area (Å²) in [6.07, 6.45) is -1.89. The minimum atomic E-state index is -5.03. The first-order valence-electron chi connectivity index (χ1n) is 11.2. The van der Waals surface area contributed by atoms with Crippen LogP contribution in [0.15, 0.2) is 67.0 Å². The van der Waals surface area contributed by atoms with Crippen molar-refractivity contribution < 1.29 is 31.9 Å². The summed E-state index contributed by atoms with van der Waals surface area (Å²) in [5.41, 5.74) is 1.20. The highest BCUT2D eigenvalue weighted by atomic mass is 19.4. The predicted octanol–water partition coefficient (Wildman–Crippen LogP) is 5.69. The number of anilines is 1. The molecule has 2 aromatic carbocycles. The molecule has 10 heteroatoms. The van der Waals surface area contributed by atoms with Crippen molar-refractivity contribution in [1.82, 2.24) is 9.88 Å². The van der Waals surface area contributed by atoms with Gasteiger partial charge >= 0.3 is 6.36 Å². The van der Waals surface area contributed by atoms with Crippen LogP contribution in [-0.2, 0) is 4.79 Å². The van der Waals surface area contributed by atoms with E-state index in [4.69, 9.17) is 0 Å². The molecule has 0 saturated heterocycles. The van der Waals surface area contributed by atoms with E-state index in [1.54, 1.807) is 53.7 Å². The Labute approximate surface area is 204 Å². The van der Waals surface area contributed by atoms with Crippen molar-refractivity contribution in [2.24, 2.45) is 5.92 Å². The molecule has 188 valence electrons. The van der Waals surface area contributed by atoms with Crippen LogP contribution < -0.4 is 10.1 Å². The minimum Gasteiger partial charge on any atom is -0.406 e. The number of carbonyl (C=O) groups excluding carboxylic acids is 2. The third-order valence-corrected chi connectivity index (χ3v) is 5.68. The molecule has 4 rings (SSSR count). The van der Waals surface area contributed by atoms with Crippen LogP contribution in [0.1, 0.15) is 47.3 Å². The van der Waals surface area contributed by atoms with Gasteiger partial charge in [0.2, 0.25) is 5.91 Å². The molecule has 6 nitrogen and oxygen atoms in total. The number of hydrogen-bond donors (Lipinski definition) is 1. The zero-order valence-corrected chi connectivity index (χ0v) is 19.4. The number of halogens is 4. The molecule has 0 radical (unpaired) electrons. The molecule has 2 atom stereocenters. The molecule has 0 fully saturated rings. The van der Waals surface area contributed by atoms with Crippen LogP contribution in [0.5, 0.6) is 5.75 Å². The van der Waals surface area contributed by atoms with Gasteiger partial charge in [0.1, 0.15) is 11.6 Å². The molecule has 0 bridgehead atoms. The zero-order valence-electron chi connectivity index (χ0n) is 19.4. The van der Waals surface area contributed by atoms with E-state index in [9.17, 15) is 27.2 Å². The Hall–Kier alpha value is -3.95. The summed E-state index contributed by atoms with van der Waals surface area (Å²) < 4.78 is 55.9. The summed E-state index contributed by atoms with van der Waals surface area (Å²) in [5, 5.41) is 2.52. The molecule has 0 aliphatic carbocycles. The van der Waals surface area contributed by atoms with Crippen molar-refractivity contribution in [2.75, 3.05) is 11.9 Å². The molecule has 2 amide bonds. The number of nitrogens with one attached hydrogen (secondary N) is 1. The van der Waals surface area contributed by atoms with Crippen molar-refractivity contribution >= 4 is 17.5 Å². The molecule has 2 unspecified atom stereocenters. The second-order valence-electron chi connectivity index (χ2n) is 8.86. The zero-order chi connectivity index (χ0) is 26.0. The maximum absolute atomic E-state index is 14.1. The maximum atomic E-state index is 14.1. The molecule has 0 saturated carbocycles. The van der Waals surface area contributed by atoms with Crippen LogP contribution >= 0.6 is 0 Å². The number of amides is 2. The monoisotopic (exact) mass is 501 g/mol. The third-order valence-electron chi connectivity index (χ3n) is 5.68. The molecule has 0 spiro atoms. The van der Waals surface area contributed by atoms with Gasteiger partial charge in [0.05, 0.1) is 12.0 Å². The van der Waals surface area contributed by atoms with Crippen molar-refractivity contribution in [3.8, 4) is 5.75 Å². The second-order valence-corrected chi connectivity index (χ2v) is 8.86. The Morgan fingerprint density at radius 2 is 1.89 bits per heavy atom. The Morgan fingerprint density at radius 3 is 2.56 bits per heavy atom. The van der Waals surface area contributed by atoms with Gasteiger partial charge in [-0.25, -0.2) is 4.39 Å². The van der Waals surface area contributed by atoms with Crippen LogP contribution in [0.25, 0.3) is 0 Å². The van der Waals surface area contributed by atoms with Crippen LogP contribution in [-0.4, -0.2) is 34.6 Å². The lowest BCUT2D eigenvalue weighted by molar-refractivity contribution is -0.274. The molecule has 1 aliphatic heterocycles. The van der Waals surface area contributed by atoms with E-state index in [0.717, 1.165) is 12.1 Å². The van der Waals surface area contributed by atoms with Gasteiger partial charge in [0.15, 0.2) is 0 Å². The first-order valence-corrected chi connectivity index (χ1v) is 11.2. The van der Waals surface area contributed by atoms with Gasteiger partial charge in [0, 0.05) is 42.3 Å². The molecule has 36 heavy (non-hydrogen) atoms. The van der Waals surface area contributed by atoms with E-state index in [-0.39, 0.29) is 17.5 Å². The van der Waals surface area contributed by atoms with Gasteiger partial charge in [-0.2, -0.15) is 0 Å². The fraction of sp³-hybridized carbons (Fsp3) is 0.269. The molecule has 1 aromatic heterocycles. The standard InChI is InChI=1S/C26H23F4N3O3/c1-15(2)14-33-23(16-6-5-9-31-13-16)22(20-7-3-4-8-21(20)25(33)35)24(34)32-18-10-17(27)11-19(12-18)36-26(28,29)30/h3-13,15,22-23H,14H2,1-2H3,(H,32,34). The van der Waals surface area contributed by atoms with E-state index in [1.165, 1.54) is 0 Å². The van der Waals surface area contributed by atoms with Crippen molar-refractivity contribution in [3.05, 3.63) is 89.5 Å². The highest BCUT2D eigenvalue weighted by Gasteiger charge is 2.44. The summed E-state index contributed by atoms with van der Waals surface area (Å²) in [6.45, 7) is 4.23. The Kier molecular flexibility index (Phi) is 6.96. The normalized spacial score (nSPS) is 17.6. The van der Waals surface area contributed by atoms with Gasteiger partial charge in [-0.05, 0) is 35.2 Å². The number of aromatic nitrogens is 1. The number of carbonyl (C=O) groups is 2. The average molecular weight is 501 g/mol. The van der Waals surface area contributed by atoms with E-state index in [2.05, 4.69) is 15.0 Å². The van der Waals surface area contributed by atoms with Crippen molar-refractivity contribution in [3.63, 3.8) is 0 Å². The third kappa shape index (κ3) is 5.48. The summed E-state index contributed by atoms with van der Waals surface area (Å²) in [6, 6.07) is 11.7. The largest absolute Gasteiger partial charge is 0.573 e. The summed E-state index contributed by atoms with van der Waals surface area (Å²) >= 11 is 0. The average Bonchev–Trinajstić information content (AvgIpc) is 2.79. The Morgan fingerprint density at radius 1 is 1.14 bits per heavy atom. The summed E-state index contributed by atoms with van der Waals surface area (Å²) in [4.78, 5) is 32.9. The smallest absolute Gasteiger partial charge is 0.406 e. The number of nitrogens with zero attached hydrogens (tertiary/aromatic N) is 2. The summed E-state index contributed by atoms with van der Waals surface area (Å²) in [5.74, 6) is -3.56.